The Balaban J connectivity index is 2.02. The predicted molar refractivity (Wildman–Crippen MR) is 70.7 cm³/mol. The zero-order valence-electron chi connectivity index (χ0n) is 10.5. The fourth-order valence-electron chi connectivity index (χ4n) is 1.40. The molecule has 2 aromatic rings. The Morgan fingerprint density at radius 1 is 1.50 bits per heavy atom. The average molecular weight is 247 g/mol. The summed E-state index contributed by atoms with van der Waals surface area (Å²) in [6, 6.07) is 1.88. The topological polar surface area (TPSA) is 93.7 Å². The van der Waals surface area contributed by atoms with Gasteiger partial charge in [0.1, 0.15) is 5.82 Å². The van der Waals surface area contributed by atoms with E-state index in [1.54, 1.807) is 23.1 Å². The molecule has 2 rings (SSSR count). The van der Waals surface area contributed by atoms with Crippen molar-refractivity contribution in [3.8, 4) is 0 Å². The number of nitrogens with one attached hydrogen (secondary N) is 2. The van der Waals surface area contributed by atoms with Crippen molar-refractivity contribution in [3.63, 3.8) is 0 Å². The van der Waals surface area contributed by atoms with Crippen molar-refractivity contribution in [3.05, 3.63) is 24.7 Å². The van der Waals surface area contributed by atoms with Gasteiger partial charge in [-0.1, -0.05) is 0 Å². The smallest absolute Gasteiger partial charge is 0.229 e. The molecule has 0 bridgehead atoms. The number of hydrogen-bond donors (Lipinski definition) is 3. The molecule has 0 amide bonds. The normalized spacial score (nSPS) is 12.2. The molecule has 2 aromatic heterocycles. The molecule has 7 nitrogen and oxygen atoms in total. The van der Waals surface area contributed by atoms with Crippen LogP contribution >= 0.6 is 0 Å². The molecule has 0 aromatic carbocycles. The molecule has 0 aliphatic carbocycles. The predicted octanol–water partition coefficient (Wildman–Crippen LogP) is 0.713. The molecule has 0 unspecified atom stereocenters. The van der Waals surface area contributed by atoms with Gasteiger partial charge in [0.15, 0.2) is 0 Å². The Bertz CT molecular complexity index is 506. The van der Waals surface area contributed by atoms with Gasteiger partial charge in [-0.05, 0) is 13.0 Å². The van der Waals surface area contributed by atoms with Crippen molar-refractivity contribution >= 4 is 17.5 Å². The third-order valence-corrected chi connectivity index (χ3v) is 2.22. The van der Waals surface area contributed by atoms with Gasteiger partial charge in [-0.3, -0.25) is 4.68 Å². The Morgan fingerprint density at radius 3 is 3.00 bits per heavy atom. The van der Waals surface area contributed by atoms with Gasteiger partial charge in [-0.15, -0.1) is 0 Å². The Labute approximate surface area is 105 Å². The SMILES string of the molecule is C[C@H](N)CNc1ccnc(Nc2cnn(C)c2)n1. The van der Waals surface area contributed by atoms with E-state index in [-0.39, 0.29) is 6.04 Å². The van der Waals surface area contributed by atoms with Crippen molar-refractivity contribution < 1.29 is 0 Å². The number of rotatable bonds is 5. The highest BCUT2D eigenvalue weighted by molar-refractivity contribution is 5.52. The van der Waals surface area contributed by atoms with Gasteiger partial charge in [0.25, 0.3) is 0 Å². The Morgan fingerprint density at radius 2 is 2.33 bits per heavy atom. The van der Waals surface area contributed by atoms with Crippen LogP contribution in [0.1, 0.15) is 6.92 Å². The minimum atomic E-state index is 0.0784. The lowest BCUT2D eigenvalue weighted by molar-refractivity contribution is 0.768. The largest absolute Gasteiger partial charge is 0.368 e. The van der Waals surface area contributed by atoms with Crippen LogP contribution in [0.4, 0.5) is 17.5 Å². The van der Waals surface area contributed by atoms with Crippen molar-refractivity contribution in [2.24, 2.45) is 12.8 Å². The van der Waals surface area contributed by atoms with Gasteiger partial charge in [-0.25, -0.2) is 4.98 Å². The number of nitrogens with zero attached hydrogens (tertiary/aromatic N) is 4. The summed E-state index contributed by atoms with van der Waals surface area (Å²) < 4.78 is 1.71. The second-order valence-corrected chi connectivity index (χ2v) is 4.15. The molecule has 0 saturated carbocycles. The molecule has 0 aliphatic heterocycles. The van der Waals surface area contributed by atoms with Gasteiger partial charge in [-0.2, -0.15) is 10.1 Å². The second kappa shape index (κ2) is 5.46. The standard InChI is InChI=1S/C11H17N7/c1-8(12)5-14-10-3-4-13-11(17-10)16-9-6-15-18(2)7-9/h3-4,6-8H,5,12H2,1-2H3,(H2,13,14,16,17)/t8-/m0/s1. The molecule has 0 saturated heterocycles. The average Bonchev–Trinajstić information content (AvgIpc) is 2.73. The molecular formula is C11H17N7. The summed E-state index contributed by atoms with van der Waals surface area (Å²) in [4.78, 5) is 8.46. The van der Waals surface area contributed by atoms with Crippen LogP contribution in [0.15, 0.2) is 24.7 Å². The summed E-state index contributed by atoms with van der Waals surface area (Å²) in [6.45, 7) is 2.60. The number of aryl methyl sites for hydroxylation is 1. The highest BCUT2D eigenvalue weighted by atomic mass is 15.3. The summed E-state index contributed by atoms with van der Waals surface area (Å²) in [5.74, 6) is 1.27. The molecule has 18 heavy (non-hydrogen) atoms. The van der Waals surface area contributed by atoms with E-state index in [0.29, 0.717) is 12.5 Å². The van der Waals surface area contributed by atoms with E-state index in [9.17, 15) is 0 Å². The van der Waals surface area contributed by atoms with E-state index < -0.39 is 0 Å². The zero-order valence-corrected chi connectivity index (χ0v) is 10.5. The quantitative estimate of drug-likeness (QED) is 0.720. The van der Waals surface area contributed by atoms with Gasteiger partial charge in [0.2, 0.25) is 5.95 Å². The maximum Gasteiger partial charge on any atom is 0.229 e. The van der Waals surface area contributed by atoms with Crippen molar-refractivity contribution in [2.45, 2.75) is 13.0 Å². The summed E-state index contributed by atoms with van der Waals surface area (Å²) in [5.41, 5.74) is 6.52. The molecule has 2 heterocycles. The Hall–Kier alpha value is -2.15. The van der Waals surface area contributed by atoms with Crippen LogP contribution in [0.25, 0.3) is 0 Å². The number of hydrogen-bond acceptors (Lipinski definition) is 6. The monoisotopic (exact) mass is 247 g/mol. The van der Waals surface area contributed by atoms with Gasteiger partial charge >= 0.3 is 0 Å². The van der Waals surface area contributed by atoms with Crippen molar-refractivity contribution in [1.29, 1.82) is 0 Å². The van der Waals surface area contributed by atoms with Crippen LogP contribution in [0, 0.1) is 0 Å². The molecule has 0 spiro atoms. The molecule has 96 valence electrons. The van der Waals surface area contributed by atoms with Gasteiger partial charge < -0.3 is 16.4 Å². The fraction of sp³-hybridized carbons (Fsp3) is 0.364. The minimum Gasteiger partial charge on any atom is -0.368 e. The first-order valence-corrected chi connectivity index (χ1v) is 5.71. The third-order valence-electron chi connectivity index (χ3n) is 2.22. The molecule has 0 radical (unpaired) electrons. The van der Waals surface area contributed by atoms with E-state index in [4.69, 9.17) is 5.73 Å². The van der Waals surface area contributed by atoms with Crippen LogP contribution in [0.5, 0.6) is 0 Å². The third kappa shape index (κ3) is 3.42. The van der Waals surface area contributed by atoms with Crippen molar-refractivity contribution in [2.75, 3.05) is 17.2 Å². The molecule has 4 N–H and O–H groups in total. The molecular weight excluding hydrogens is 230 g/mol. The van der Waals surface area contributed by atoms with E-state index in [2.05, 4.69) is 25.7 Å². The van der Waals surface area contributed by atoms with Gasteiger partial charge in [0, 0.05) is 32.0 Å². The van der Waals surface area contributed by atoms with E-state index in [1.807, 2.05) is 20.2 Å². The highest BCUT2D eigenvalue weighted by Gasteiger charge is 2.02. The summed E-state index contributed by atoms with van der Waals surface area (Å²) in [6.07, 6.45) is 5.26. The Kier molecular flexibility index (Phi) is 3.73. The van der Waals surface area contributed by atoms with E-state index in [1.165, 1.54) is 0 Å². The first-order valence-electron chi connectivity index (χ1n) is 5.71. The summed E-state index contributed by atoms with van der Waals surface area (Å²) >= 11 is 0. The maximum absolute atomic E-state index is 5.67. The van der Waals surface area contributed by atoms with Crippen LogP contribution in [0.2, 0.25) is 0 Å². The highest BCUT2D eigenvalue weighted by Crippen LogP contribution is 2.12. The number of nitrogens with two attached hydrogens (primary N) is 1. The molecule has 0 aliphatic rings. The maximum atomic E-state index is 5.67. The zero-order chi connectivity index (χ0) is 13.0. The van der Waals surface area contributed by atoms with Crippen molar-refractivity contribution in [1.82, 2.24) is 19.7 Å². The second-order valence-electron chi connectivity index (χ2n) is 4.15. The van der Waals surface area contributed by atoms with Crippen LogP contribution < -0.4 is 16.4 Å². The lowest BCUT2D eigenvalue weighted by Crippen LogP contribution is -2.25. The van der Waals surface area contributed by atoms with Crippen LogP contribution in [-0.2, 0) is 7.05 Å². The lowest BCUT2D eigenvalue weighted by Gasteiger charge is -2.09. The van der Waals surface area contributed by atoms with Crippen LogP contribution in [0.3, 0.4) is 0 Å². The molecule has 7 heteroatoms. The van der Waals surface area contributed by atoms with Gasteiger partial charge in [0.05, 0.1) is 11.9 Å². The minimum absolute atomic E-state index is 0.0784. The first kappa shape index (κ1) is 12.3. The number of aromatic nitrogens is 4. The first-order chi connectivity index (χ1) is 8.63. The van der Waals surface area contributed by atoms with Crippen LogP contribution in [-0.4, -0.2) is 32.3 Å². The molecule has 1 atom stereocenters. The number of anilines is 3. The summed E-state index contributed by atoms with van der Waals surface area (Å²) in [7, 11) is 1.85. The summed E-state index contributed by atoms with van der Waals surface area (Å²) in [5, 5.41) is 10.3. The molecule has 0 fully saturated rings. The van der Waals surface area contributed by atoms with E-state index >= 15 is 0 Å². The lowest BCUT2D eigenvalue weighted by atomic mass is 10.3. The fourth-order valence-corrected chi connectivity index (χ4v) is 1.40. The van der Waals surface area contributed by atoms with E-state index in [0.717, 1.165) is 11.5 Å².